The van der Waals surface area contributed by atoms with Crippen LogP contribution in [-0.4, -0.2) is 31.9 Å². The third-order valence-corrected chi connectivity index (χ3v) is 3.65. The summed E-state index contributed by atoms with van der Waals surface area (Å²) in [7, 11) is -1.84. The van der Waals surface area contributed by atoms with Gasteiger partial charge < -0.3 is 4.55 Å². The highest BCUT2D eigenvalue weighted by molar-refractivity contribution is 7.80. The van der Waals surface area contributed by atoms with E-state index in [1.807, 2.05) is 6.07 Å². The largest absolute Gasteiger partial charge is 0.726 e. The molecule has 9 heteroatoms. The minimum Gasteiger partial charge on any atom is -0.726 e. The van der Waals surface area contributed by atoms with Gasteiger partial charge in [-0.2, -0.15) is 4.57 Å². The fraction of sp³-hybridized carbons (Fsp3) is 0.133. The number of carbonyl (C=O) groups is 2. The predicted molar refractivity (Wildman–Crippen MR) is 81.9 cm³/mol. The van der Waals surface area contributed by atoms with Crippen LogP contribution in [0.25, 0.3) is 0 Å². The lowest BCUT2D eigenvalue weighted by atomic mass is 10.2. The van der Waals surface area contributed by atoms with Crippen molar-refractivity contribution >= 4 is 27.9 Å². The first-order valence-corrected chi connectivity index (χ1v) is 8.03. The van der Waals surface area contributed by atoms with Crippen LogP contribution in [0.15, 0.2) is 48.7 Å². The van der Waals surface area contributed by atoms with E-state index in [9.17, 15) is 22.6 Å². The van der Waals surface area contributed by atoms with Crippen molar-refractivity contribution in [3.8, 4) is 0 Å². The molecule has 0 fully saturated rings. The van der Waals surface area contributed by atoms with E-state index in [2.05, 4.69) is 4.18 Å². The van der Waals surface area contributed by atoms with Crippen LogP contribution in [-0.2, 0) is 21.6 Å². The van der Waals surface area contributed by atoms with Crippen molar-refractivity contribution in [2.24, 2.45) is 7.05 Å². The van der Waals surface area contributed by atoms with Gasteiger partial charge in [0.2, 0.25) is 10.4 Å². The fourth-order valence-corrected chi connectivity index (χ4v) is 2.18. The number of carbonyl (C=O) groups excluding carboxylic acids is 2. The van der Waals surface area contributed by atoms with Gasteiger partial charge in [-0.1, -0.05) is 18.2 Å². The quantitative estimate of drug-likeness (QED) is 0.336. The summed E-state index contributed by atoms with van der Waals surface area (Å²) < 4.78 is 32.7. The Bertz CT molecular complexity index is 880. The van der Waals surface area contributed by atoms with E-state index in [1.54, 1.807) is 54.2 Å². The van der Waals surface area contributed by atoms with Crippen LogP contribution in [0.2, 0.25) is 0 Å². The van der Waals surface area contributed by atoms with Crippen LogP contribution < -0.4 is 9.47 Å². The first-order valence-electron chi connectivity index (χ1n) is 6.70. The number of hydrogen-bond donors (Lipinski definition) is 0. The highest BCUT2D eigenvalue weighted by Gasteiger charge is 2.43. The van der Waals surface area contributed by atoms with Gasteiger partial charge in [-0.3, -0.25) is 13.8 Å². The van der Waals surface area contributed by atoms with E-state index in [0.29, 0.717) is 16.9 Å². The number of fused-ring (bicyclic) bond motifs is 1. The molecule has 8 nitrogen and oxygen atoms in total. The van der Waals surface area contributed by atoms with Gasteiger partial charge in [0.15, 0.2) is 6.20 Å². The predicted octanol–water partition coefficient (Wildman–Crippen LogP) is 0.405. The topological polar surface area (TPSA) is 108 Å². The maximum absolute atomic E-state index is 12.3. The first kappa shape index (κ1) is 17.7. The normalized spacial score (nSPS) is 13.4. The Labute approximate surface area is 138 Å². The number of anilines is 1. The van der Waals surface area contributed by atoms with Crippen LogP contribution in [0, 0.1) is 0 Å². The number of hydrogen-bond acceptors (Lipinski definition) is 6. The maximum atomic E-state index is 12.3. The summed E-state index contributed by atoms with van der Waals surface area (Å²) in [5.74, 6) is -0.540. The van der Waals surface area contributed by atoms with E-state index >= 15 is 0 Å². The Morgan fingerprint density at radius 2 is 1.62 bits per heavy atom. The second-order valence-corrected chi connectivity index (χ2v) is 5.89. The number of benzene rings is 1. The zero-order valence-corrected chi connectivity index (χ0v) is 13.7. The van der Waals surface area contributed by atoms with Crippen molar-refractivity contribution < 1.29 is 31.3 Å². The molecule has 0 saturated heterocycles. The minimum absolute atomic E-state index is 0.266. The number of para-hydroxylation sites is 1. The molecule has 2 heterocycles. The summed E-state index contributed by atoms with van der Waals surface area (Å²) >= 11 is 0. The standard InChI is InChI=1S/C14H11N2O2.CH4O4S/c1-15-9-5-8-11-12(15)14(18)16(13(11)17)10-6-3-2-4-7-10;1-5-6(2,3)4/h2-9H,1H3;1H3,(H,2,3,4)/q+1;/p-1. The van der Waals surface area contributed by atoms with Crippen molar-refractivity contribution in [3.63, 3.8) is 0 Å². The minimum atomic E-state index is -4.41. The summed E-state index contributed by atoms with van der Waals surface area (Å²) in [6, 6.07) is 12.4. The molecule has 126 valence electrons. The zero-order chi connectivity index (χ0) is 17.9. The average Bonchev–Trinajstić information content (AvgIpc) is 2.80. The van der Waals surface area contributed by atoms with Gasteiger partial charge in [-0.15, -0.1) is 0 Å². The van der Waals surface area contributed by atoms with Crippen LogP contribution >= 0.6 is 0 Å². The molecule has 0 radical (unpaired) electrons. The van der Waals surface area contributed by atoms with E-state index in [4.69, 9.17) is 0 Å². The lowest BCUT2D eigenvalue weighted by molar-refractivity contribution is -0.673. The van der Waals surface area contributed by atoms with Gasteiger partial charge in [-0.05, 0) is 18.2 Å². The van der Waals surface area contributed by atoms with Crippen molar-refractivity contribution in [1.82, 2.24) is 0 Å². The second kappa shape index (κ2) is 6.87. The molecule has 0 spiro atoms. The number of pyridine rings is 1. The summed E-state index contributed by atoms with van der Waals surface area (Å²) in [6.45, 7) is 0. The summed E-state index contributed by atoms with van der Waals surface area (Å²) in [4.78, 5) is 25.8. The van der Waals surface area contributed by atoms with Gasteiger partial charge in [0.25, 0.3) is 11.6 Å². The Balaban J connectivity index is 0.000000301. The monoisotopic (exact) mass is 350 g/mol. The number of imide groups is 1. The van der Waals surface area contributed by atoms with Crippen molar-refractivity contribution in [2.75, 3.05) is 12.0 Å². The molecular formula is C15H14N2O6S. The number of aryl methyl sites for hydroxylation is 1. The van der Waals surface area contributed by atoms with E-state index in [1.165, 1.54) is 4.90 Å². The maximum Gasteiger partial charge on any atom is 0.330 e. The summed E-state index contributed by atoms with van der Waals surface area (Å²) in [5.41, 5.74) is 1.49. The van der Waals surface area contributed by atoms with Gasteiger partial charge in [0.1, 0.15) is 12.6 Å². The molecule has 0 bridgehead atoms. The third kappa shape index (κ3) is 3.65. The molecule has 2 aromatic rings. The molecule has 0 saturated carbocycles. The molecule has 0 atom stereocenters. The molecule has 3 rings (SSSR count). The van der Waals surface area contributed by atoms with Crippen LogP contribution in [0.1, 0.15) is 20.8 Å². The lowest BCUT2D eigenvalue weighted by Gasteiger charge is -2.11. The number of rotatable bonds is 2. The molecule has 0 unspecified atom stereocenters. The van der Waals surface area contributed by atoms with Crippen LogP contribution in [0.5, 0.6) is 0 Å². The fourth-order valence-electron chi connectivity index (χ4n) is 2.18. The highest BCUT2D eigenvalue weighted by Crippen LogP contribution is 2.25. The van der Waals surface area contributed by atoms with E-state index < -0.39 is 10.4 Å². The summed E-state index contributed by atoms with van der Waals surface area (Å²) in [5, 5.41) is 0. The van der Waals surface area contributed by atoms with Gasteiger partial charge in [0.05, 0.1) is 12.8 Å². The van der Waals surface area contributed by atoms with Crippen LogP contribution in [0.4, 0.5) is 5.69 Å². The highest BCUT2D eigenvalue weighted by atomic mass is 32.3. The third-order valence-electron chi connectivity index (χ3n) is 3.24. The van der Waals surface area contributed by atoms with E-state index in [-0.39, 0.29) is 11.8 Å². The molecule has 1 aromatic heterocycles. The zero-order valence-electron chi connectivity index (χ0n) is 12.9. The molecule has 0 aliphatic carbocycles. The van der Waals surface area contributed by atoms with Gasteiger partial charge >= 0.3 is 5.91 Å². The molecule has 1 aliphatic heterocycles. The molecule has 2 amide bonds. The molecule has 0 N–H and O–H groups in total. The number of nitrogens with zero attached hydrogens (tertiary/aromatic N) is 2. The van der Waals surface area contributed by atoms with E-state index in [0.717, 1.165) is 7.11 Å². The summed E-state index contributed by atoms with van der Waals surface area (Å²) in [6.07, 6.45) is 1.76. The van der Waals surface area contributed by atoms with Gasteiger partial charge in [0, 0.05) is 6.07 Å². The molecular weight excluding hydrogens is 336 g/mol. The second-order valence-electron chi connectivity index (χ2n) is 4.74. The van der Waals surface area contributed by atoms with Crippen molar-refractivity contribution in [2.45, 2.75) is 0 Å². The lowest BCUT2D eigenvalue weighted by Crippen LogP contribution is -2.38. The smallest absolute Gasteiger partial charge is 0.330 e. The Hall–Kier alpha value is -2.62. The number of amides is 2. The first-order chi connectivity index (χ1) is 11.3. The Morgan fingerprint density at radius 1 is 1.04 bits per heavy atom. The Kier molecular flexibility index (Phi) is 5.07. The van der Waals surface area contributed by atoms with Crippen molar-refractivity contribution in [1.29, 1.82) is 0 Å². The SMILES string of the molecule is COS(=O)(=O)[O-].C[n+]1cccc2c1C(=O)N(c1ccccc1)C2=O. The van der Waals surface area contributed by atoms with Crippen LogP contribution in [0.3, 0.4) is 0 Å². The molecule has 1 aromatic carbocycles. The molecule has 1 aliphatic rings. The number of aromatic nitrogens is 1. The molecule has 24 heavy (non-hydrogen) atoms. The van der Waals surface area contributed by atoms with Gasteiger partial charge in [-0.25, -0.2) is 13.3 Å². The Morgan fingerprint density at radius 3 is 2.12 bits per heavy atom. The van der Waals surface area contributed by atoms with Crippen molar-refractivity contribution in [3.05, 3.63) is 59.9 Å². The average molecular weight is 350 g/mol.